The molecule has 0 aromatic carbocycles. The van der Waals surface area contributed by atoms with Gasteiger partial charge in [0.05, 0.1) is 6.61 Å². The predicted molar refractivity (Wildman–Crippen MR) is 59.5 cm³/mol. The van der Waals surface area contributed by atoms with Crippen LogP contribution in [0.5, 0.6) is 5.75 Å². The SMILES string of the molecule is CCOc1ccnc(-n2cccn2)c1C(=O)O. The first-order valence-electron chi connectivity index (χ1n) is 5.09. The van der Waals surface area contributed by atoms with E-state index in [0.717, 1.165) is 0 Å². The molecular weight excluding hydrogens is 222 g/mol. The maximum absolute atomic E-state index is 11.3. The van der Waals surface area contributed by atoms with Gasteiger partial charge in [0, 0.05) is 18.6 Å². The Hall–Kier alpha value is -2.37. The molecule has 6 heteroatoms. The number of carbonyl (C=O) groups is 1. The van der Waals surface area contributed by atoms with Crippen LogP contribution >= 0.6 is 0 Å². The fourth-order valence-electron chi connectivity index (χ4n) is 1.48. The molecule has 0 fully saturated rings. The molecule has 0 spiro atoms. The standard InChI is InChI=1S/C11H11N3O3/c1-2-17-8-4-6-12-10(9(8)11(15)16)14-7-3-5-13-14/h3-7H,2H2,1H3,(H,15,16). The summed E-state index contributed by atoms with van der Waals surface area (Å²) in [5.74, 6) is -0.555. The van der Waals surface area contributed by atoms with Crippen LogP contribution in [0.4, 0.5) is 0 Å². The summed E-state index contributed by atoms with van der Waals surface area (Å²) in [6, 6.07) is 3.22. The van der Waals surface area contributed by atoms with Crippen LogP contribution < -0.4 is 4.74 Å². The number of rotatable bonds is 4. The summed E-state index contributed by atoms with van der Waals surface area (Å²) in [4.78, 5) is 15.3. The Morgan fingerprint density at radius 1 is 1.53 bits per heavy atom. The first kappa shape index (κ1) is 11.1. The highest BCUT2D eigenvalue weighted by molar-refractivity contribution is 5.94. The molecule has 2 aromatic rings. The summed E-state index contributed by atoms with van der Waals surface area (Å²) < 4.78 is 6.67. The number of hydrogen-bond acceptors (Lipinski definition) is 4. The molecule has 0 aliphatic carbocycles. The topological polar surface area (TPSA) is 77.2 Å². The number of aromatic carboxylic acids is 1. The van der Waals surface area contributed by atoms with Crippen molar-refractivity contribution in [1.82, 2.24) is 14.8 Å². The first-order valence-corrected chi connectivity index (χ1v) is 5.09. The van der Waals surface area contributed by atoms with Crippen LogP contribution in [-0.4, -0.2) is 32.4 Å². The highest BCUT2D eigenvalue weighted by atomic mass is 16.5. The molecule has 2 heterocycles. The van der Waals surface area contributed by atoms with Crippen molar-refractivity contribution in [2.75, 3.05) is 6.61 Å². The summed E-state index contributed by atoms with van der Waals surface area (Å²) in [6.45, 7) is 2.18. The molecule has 88 valence electrons. The predicted octanol–water partition coefficient (Wildman–Crippen LogP) is 1.36. The van der Waals surface area contributed by atoms with Crippen LogP contribution in [0, 0.1) is 0 Å². The van der Waals surface area contributed by atoms with E-state index in [2.05, 4.69) is 10.1 Å². The smallest absolute Gasteiger partial charge is 0.343 e. The van der Waals surface area contributed by atoms with Crippen molar-refractivity contribution in [3.63, 3.8) is 0 Å². The van der Waals surface area contributed by atoms with Crippen LogP contribution in [0.3, 0.4) is 0 Å². The maximum Gasteiger partial charge on any atom is 0.343 e. The minimum atomic E-state index is -1.09. The van der Waals surface area contributed by atoms with E-state index in [4.69, 9.17) is 4.74 Å². The van der Waals surface area contributed by atoms with Crippen molar-refractivity contribution in [3.05, 3.63) is 36.3 Å². The van der Waals surface area contributed by atoms with E-state index in [1.165, 1.54) is 16.9 Å². The van der Waals surface area contributed by atoms with E-state index >= 15 is 0 Å². The van der Waals surface area contributed by atoms with E-state index < -0.39 is 5.97 Å². The van der Waals surface area contributed by atoms with Crippen molar-refractivity contribution >= 4 is 5.97 Å². The van der Waals surface area contributed by atoms with Crippen LogP contribution in [0.15, 0.2) is 30.7 Å². The minimum Gasteiger partial charge on any atom is -0.493 e. The van der Waals surface area contributed by atoms with Gasteiger partial charge >= 0.3 is 5.97 Å². The summed E-state index contributed by atoms with van der Waals surface area (Å²) in [5.41, 5.74) is 0.0121. The van der Waals surface area contributed by atoms with Crippen molar-refractivity contribution in [2.24, 2.45) is 0 Å². The van der Waals surface area contributed by atoms with Gasteiger partial charge in [0.15, 0.2) is 5.82 Å². The third-order valence-electron chi connectivity index (χ3n) is 2.13. The Morgan fingerprint density at radius 3 is 2.94 bits per heavy atom. The largest absolute Gasteiger partial charge is 0.493 e. The third kappa shape index (κ3) is 2.10. The Morgan fingerprint density at radius 2 is 2.35 bits per heavy atom. The molecule has 17 heavy (non-hydrogen) atoms. The minimum absolute atomic E-state index is 0.0121. The van der Waals surface area contributed by atoms with Gasteiger partial charge in [-0.2, -0.15) is 5.10 Å². The second-order valence-electron chi connectivity index (χ2n) is 3.20. The van der Waals surface area contributed by atoms with Crippen LogP contribution in [0.2, 0.25) is 0 Å². The van der Waals surface area contributed by atoms with E-state index in [9.17, 15) is 9.90 Å². The molecule has 0 saturated carbocycles. The molecule has 0 aliphatic rings. The molecule has 0 bridgehead atoms. The average Bonchev–Trinajstić information content (AvgIpc) is 2.82. The lowest BCUT2D eigenvalue weighted by Crippen LogP contribution is -2.11. The number of aromatic nitrogens is 3. The highest BCUT2D eigenvalue weighted by Crippen LogP contribution is 2.23. The Balaban J connectivity index is 2.59. The first-order chi connectivity index (χ1) is 8.24. The number of nitrogens with zero attached hydrogens (tertiary/aromatic N) is 3. The van der Waals surface area contributed by atoms with Crippen LogP contribution in [0.25, 0.3) is 5.82 Å². The number of carboxylic acid groups (broad SMARTS) is 1. The van der Waals surface area contributed by atoms with Gasteiger partial charge in [-0.25, -0.2) is 14.5 Å². The van der Waals surface area contributed by atoms with Crippen LogP contribution in [0.1, 0.15) is 17.3 Å². The summed E-state index contributed by atoms with van der Waals surface area (Å²) >= 11 is 0. The lowest BCUT2D eigenvalue weighted by Gasteiger charge is -2.10. The molecule has 0 amide bonds. The molecule has 2 rings (SSSR count). The van der Waals surface area contributed by atoms with E-state index in [1.54, 1.807) is 25.4 Å². The van der Waals surface area contributed by atoms with Gasteiger partial charge in [0.25, 0.3) is 0 Å². The lowest BCUT2D eigenvalue weighted by atomic mass is 10.2. The number of ether oxygens (including phenoxy) is 1. The zero-order chi connectivity index (χ0) is 12.3. The fraction of sp³-hybridized carbons (Fsp3) is 0.182. The zero-order valence-electron chi connectivity index (χ0n) is 9.20. The van der Waals surface area contributed by atoms with Gasteiger partial charge in [-0.1, -0.05) is 0 Å². The number of carboxylic acids is 1. The average molecular weight is 233 g/mol. The second kappa shape index (κ2) is 4.65. The number of pyridine rings is 1. The second-order valence-corrected chi connectivity index (χ2v) is 3.20. The summed E-state index contributed by atoms with van der Waals surface area (Å²) in [6.07, 6.45) is 4.68. The van der Waals surface area contributed by atoms with Gasteiger partial charge in [-0.05, 0) is 19.1 Å². The van der Waals surface area contributed by atoms with E-state index in [-0.39, 0.29) is 11.4 Å². The van der Waals surface area contributed by atoms with Crippen molar-refractivity contribution in [3.8, 4) is 11.6 Å². The molecule has 0 unspecified atom stereocenters. The molecule has 6 nitrogen and oxygen atoms in total. The molecule has 0 aliphatic heterocycles. The molecule has 0 radical (unpaired) electrons. The molecule has 2 aromatic heterocycles. The fourth-order valence-corrected chi connectivity index (χ4v) is 1.48. The van der Waals surface area contributed by atoms with Crippen molar-refractivity contribution < 1.29 is 14.6 Å². The van der Waals surface area contributed by atoms with Gasteiger partial charge in [0.2, 0.25) is 0 Å². The van der Waals surface area contributed by atoms with Gasteiger partial charge < -0.3 is 9.84 Å². The van der Waals surface area contributed by atoms with Crippen LogP contribution in [-0.2, 0) is 0 Å². The quantitative estimate of drug-likeness (QED) is 0.862. The molecule has 0 saturated heterocycles. The maximum atomic E-state index is 11.3. The Labute approximate surface area is 97.5 Å². The van der Waals surface area contributed by atoms with Crippen molar-refractivity contribution in [2.45, 2.75) is 6.92 Å². The monoisotopic (exact) mass is 233 g/mol. The van der Waals surface area contributed by atoms with E-state index in [1.807, 2.05) is 0 Å². The van der Waals surface area contributed by atoms with E-state index in [0.29, 0.717) is 12.4 Å². The molecule has 0 atom stereocenters. The van der Waals surface area contributed by atoms with Crippen molar-refractivity contribution in [1.29, 1.82) is 0 Å². The zero-order valence-corrected chi connectivity index (χ0v) is 9.20. The molecular formula is C11H11N3O3. The molecule has 1 N–H and O–H groups in total. The number of hydrogen-bond donors (Lipinski definition) is 1. The Bertz CT molecular complexity index is 523. The normalized spacial score (nSPS) is 10.2. The third-order valence-corrected chi connectivity index (χ3v) is 2.13. The van der Waals surface area contributed by atoms with Gasteiger partial charge in [-0.3, -0.25) is 0 Å². The highest BCUT2D eigenvalue weighted by Gasteiger charge is 2.19. The lowest BCUT2D eigenvalue weighted by molar-refractivity contribution is 0.0692. The van der Waals surface area contributed by atoms with Gasteiger partial charge in [-0.15, -0.1) is 0 Å². The van der Waals surface area contributed by atoms with Gasteiger partial charge in [0.1, 0.15) is 11.3 Å². The Kier molecular flexibility index (Phi) is 3.04. The summed E-state index contributed by atoms with van der Waals surface area (Å²) in [7, 11) is 0. The summed E-state index contributed by atoms with van der Waals surface area (Å²) in [5, 5.41) is 13.2.